The van der Waals surface area contributed by atoms with Crippen LogP contribution in [0, 0.1) is 11.8 Å². The molecule has 0 aliphatic carbocycles. The lowest BCUT2D eigenvalue weighted by molar-refractivity contribution is -0.118. The fourth-order valence-corrected chi connectivity index (χ4v) is 1.89. The first-order valence-electron chi connectivity index (χ1n) is 6.19. The topological polar surface area (TPSA) is 55.1 Å². The van der Waals surface area contributed by atoms with Crippen LogP contribution in [0.2, 0.25) is 0 Å². The van der Waals surface area contributed by atoms with E-state index in [2.05, 4.69) is 17.2 Å². The first-order chi connectivity index (χ1) is 9.18. The summed E-state index contributed by atoms with van der Waals surface area (Å²) in [6.45, 7) is 2.08. The molecular weight excluding hydrogens is 236 g/mol. The van der Waals surface area contributed by atoms with Gasteiger partial charge in [-0.25, -0.2) is 0 Å². The van der Waals surface area contributed by atoms with Crippen LogP contribution in [-0.4, -0.2) is 12.5 Å². The highest BCUT2D eigenvalue weighted by atomic mass is 16.1. The highest BCUT2D eigenvalue weighted by molar-refractivity contribution is 5.96. The second-order valence-corrected chi connectivity index (χ2v) is 4.28. The number of nitrogens with one attached hydrogen (secondary N) is 1. The van der Waals surface area contributed by atoms with Gasteiger partial charge in [0, 0.05) is 36.5 Å². The summed E-state index contributed by atoms with van der Waals surface area (Å²) < 4.78 is 0. The van der Waals surface area contributed by atoms with Crippen molar-refractivity contribution in [3.8, 4) is 11.8 Å². The van der Waals surface area contributed by atoms with Gasteiger partial charge in [0.25, 0.3) is 0 Å². The molecule has 0 unspecified atom stereocenters. The van der Waals surface area contributed by atoms with Crippen molar-refractivity contribution in [1.82, 2.24) is 5.32 Å². The maximum atomic E-state index is 10.7. The molecular formula is C16H16N2O. The summed E-state index contributed by atoms with van der Waals surface area (Å²) in [5.74, 6) is 6.17. The molecule has 1 amide bonds. The molecule has 0 aromatic heterocycles. The normalized spacial score (nSPS) is 9.74. The number of nitrogens with two attached hydrogens (primary N) is 1. The largest absolute Gasteiger partial charge is 0.398 e. The Hall–Kier alpha value is -2.47. The highest BCUT2D eigenvalue weighted by Crippen LogP contribution is 2.23. The minimum absolute atomic E-state index is 0.0280. The highest BCUT2D eigenvalue weighted by Gasteiger charge is 2.00. The molecule has 0 radical (unpaired) electrons. The third-order valence-electron chi connectivity index (χ3n) is 2.80. The Bertz CT molecular complexity index is 665. The van der Waals surface area contributed by atoms with Gasteiger partial charge in [0.05, 0.1) is 0 Å². The average Bonchev–Trinajstić information content (AvgIpc) is 2.41. The Labute approximate surface area is 112 Å². The van der Waals surface area contributed by atoms with Crippen LogP contribution in [0.3, 0.4) is 0 Å². The summed E-state index contributed by atoms with van der Waals surface area (Å²) in [7, 11) is 0. The molecule has 96 valence electrons. The molecule has 0 fully saturated rings. The van der Waals surface area contributed by atoms with Crippen molar-refractivity contribution >= 4 is 22.4 Å². The van der Waals surface area contributed by atoms with Crippen molar-refractivity contribution in [2.75, 3.05) is 12.3 Å². The lowest BCUT2D eigenvalue weighted by atomic mass is 10.0. The summed E-state index contributed by atoms with van der Waals surface area (Å²) >= 11 is 0. The summed E-state index contributed by atoms with van der Waals surface area (Å²) in [6.07, 6.45) is 0.637. The minimum atomic E-state index is -0.0280. The zero-order chi connectivity index (χ0) is 13.7. The molecule has 3 N–H and O–H groups in total. The summed E-state index contributed by atoms with van der Waals surface area (Å²) in [5, 5.41) is 4.81. The van der Waals surface area contributed by atoms with E-state index in [1.54, 1.807) is 0 Å². The van der Waals surface area contributed by atoms with E-state index in [4.69, 9.17) is 5.73 Å². The van der Waals surface area contributed by atoms with Crippen LogP contribution in [0.4, 0.5) is 5.69 Å². The number of rotatable bonds is 2. The monoisotopic (exact) mass is 252 g/mol. The van der Waals surface area contributed by atoms with Crippen LogP contribution in [0.1, 0.15) is 18.9 Å². The van der Waals surface area contributed by atoms with Crippen molar-refractivity contribution in [3.63, 3.8) is 0 Å². The molecule has 0 aliphatic heterocycles. The molecule has 2 aromatic carbocycles. The van der Waals surface area contributed by atoms with Crippen molar-refractivity contribution in [3.05, 3.63) is 42.0 Å². The van der Waals surface area contributed by atoms with E-state index in [0.29, 0.717) is 13.0 Å². The van der Waals surface area contributed by atoms with Crippen molar-refractivity contribution < 1.29 is 4.79 Å². The van der Waals surface area contributed by atoms with Gasteiger partial charge < -0.3 is 11.1 Å². The van der Waals surface area contributed by atoms with Crippen LogP contribution >= 0.6 is 0 Å². The van der Waals surface area contributed by atoms with Crippen LogP contribution in [0.5, 0.6) is 0 Å². The number of anilines is 1. The number of amides is 1. The van der Waals surface area contributed by atoms with Gasteiger partial charge in [-0.15, -0.1) is 0 Å². The smallest absolute Gasteiger partial charge is 0.216 e. The fraction of sp³-hybridized carbons (Fsp3) is 0.188. The Morgan fingerprint density at radius 2 is 1.95 bits per heavy atom. The lowest BCUT2D eigenvalue weighted by Gasteiger charge is -2.03. The van der Waals surface area contributed by atoms with Crippen LogP contribution in [0.25, 0.3) is 10.8 Å². The SMILES string of the molecule is CC(=O)NCCC#Cc1ccc(N)c2ccccc12. The van der Waals surface area contributed by atoms with E-state index in [-0.39, 0.29) is 5.91 Å². The molecule has 0 bridgehead atoms. The standard InChI is InChI=1S/C16H16N2O/c1-12(19)18-11-5-4-6-13-9-10-16(17)15-8-3-2-7-14(13)15/h2-3,7-10H,5,11,17H2,1H3,(H,18,19). The molecule has 0 spiro atoms. The molecule has 2 aromatic rings. The second kappa shape index (κ2) is 5.92. The van der Waals surface area contributed by atoms with Gasteiger partial charge in [-0.3, -0.25) is 4.79 Å². The van der Waals surface area contributed by atoms with E-state index in [9.17, 15) is 4.79 Å². The van der Waals surface area contributed by atoms with Crippen molar-refractivity contribution in [2.24, 2.45) is 0 Å². The van der Waals surface area contributed by atoms with Crippen LogP contribution < -0.4 is 11.1 Å². The lowest BCUT2D eigenvalue weighted by Crippen LogP contribution is -2.20. The van der Waals surface area contributed by atoms with E-state index in [0.717, 1.165) is 22.0 Å². The van der Waals surface area contributed by atoms with Crippen molar-refractivity contribution in [1.29, 1.82) is 0 Å². The summed E-state index contributed by atoms with van der Waals surface area (Å²) in [6, 6.07) is 11.8. The minimum Gasteiger partial charge on any atom is -0.398 e. The van der Waals surface area contributed by atoms with E-state index < -0.39 is 0 Å². The number of hydrogen-bond acceptors (Lipinski definition) is 2. The predicted octanol–water partition coefficient (Wildman–Crippen LogP) is 2.30. The third-order valence-corrected chi connectivity index (χ3v) is 2.80. The first-order valence-corrected chi connectivity index (χ1v) is 6.19. The molecule has 2 rings (SSSR count). The molecule has 0 saturated heterocycles. The number of carbonyl (C=O) groups is 1. The molecule has 0 saturated carbocycles. The van der Waals surface area contributed by atoms with Crippen LogP contribution in [0.15, 0.2) is 36.4 Å². The molecule has 0 atom stereocenters. The second-order valence-electron chi connectivity index (χ2n) is 4.28. The van der Waals surface area contributed by atoms with Gasteiger partial charge in [0.15, 0.2) is 0 Å². The van der Waals surface area contributed by atoms with Gasteiger partial charge in [-0.05, 0) is 17.5 Å². The average molecular weight is 252 g/mol. The summed E-state index contributed by atoms with van der Waals surface area (Å²) in [5.41, 5.74) is 7.67. The van der Waals surface area contributed by atoms with Crippen molar-refractivity contribution in [2.45, 2.75) is 13.3 Å². The maximum absolute atomic E-state index is 10.7. The number of fused-ring (bicyclic) bond motifs is 1. The van der Waals surface area contributed by atoms with Gasteiger partial charge in [0.1, 0.15) is 0 Å². The quantitative estimate of drug-likeness (QED) is 0.489. The first kappa shape index (κ1) is 13.0. The maximum Gasteiger partial charge on any atom is 0.216 e. The van der Waals surface area contributed by atoms with Gasteiger partial charge in [-0.1, -0.05) is 36.1 Å². The van der Waals surface area contributed by atoms with Crippen LogP contribution in [-0.2, 0) is 4.79 Å². The molecule has 0 aliphatic rings. The van der Waals surface area contributed by atoms with Gasteiger partial charge in [0.2, 0.25) is 5.91 Å². The fourth-order valence-electron chi connectivity index (χ4n) is 1.89. The van der Waals surface area contributed by atoms with Gasteiger partial charge in [-0.2, -0.15) is 0 Å². The molecule has 3 heteroatoms. The van der Waals surface area contributed by atoms with E-state index >= 15 is 0 Å². The number of hydrogen-bond donors (Lipinski definition) is 2. The van der Waals surface area contributed by atoms with E-state index in [1.807, 2.05) is 36.4 Å². The van der Waals surface area contributed by atoms with Gasteiger partial charge >= 0.3 is 0 Å². The Kier molecular flexibility index (Phi) is 4.04. The molecule has 3 nitrogen and oxygen atoms in total. The zero-order valence-electron chi connectivity index (χ0n) is 10.9. The zero-order valence-corrected chi connectivity index (χ0v) is 10.9. The third kappa shape index (κ3) is 3.26. The van der Waals surface area contributed by atoms with E-state index in [1.165, 1.54) is 6.92 Å². The Morgan fingerprint density at radius 3 is 2.68 bits per heavy atom. The molecule has 19 heavy (non-hydrogen) atoms. The predicted molar refractivity (Wildman–Crippen MR) is 78.5 cm³/mol. The number of carbonyl (C=O) groups excluding carboxylic acids is 1. The molecule has 0 heterocycles. The summed E-state index contributed by atoms with van der Waals surface area (Å²) in [4.78, 5) is 10.7. The number of benzene rings is 2. The Morgan fingerprint density at radius 1 is 1.21 bits per heavy atom. The Balaban J connectivity index is 2.20. The number of nitrogen functional groups attached to an aromatic ring is 1.